The second-order valence-electron chi connectivity index (χ2n) is 5.40. The van der Waals surface area contributed by atoms with Crippen LogP contribution in [0.25, 0.3) is 11.0 Å². The molecule has 0 aliphatic heterocycles. The Morgan fingerprint density at radius 2 is 1.78 bits per heavy atom. The minimum Gasteiger partial charge on any atom is -0.438 e. The summed E-state index contributed by atoms with van der Waals surface area (Å²) in [6, 6.07) is 12.9. The molecule has 1 amide bonds. The van der Waals surface area contributed by atoms with Crippen molar-refractivity contribution in [1.82, 2.24) is 0 Å². The number of rotatable bonds is 2. The van der Waals surface area contributed by atoms with Gasteiger partial charge in [0.05, 0.1) is 0 Å². The third-order valence-corrected chi connectivity index (χ3v) is 4.11. The average molecular weight is 371 g/mol. The molecule has 0 aliphatic carbocycles. The van der Waals surface area contributed by atoms with E-state index >= 15 is 0 Å². The maximum atomic E-state index is 12.6. The highest BCUT2D eigenvalue weighted by Crippen LogP contribution is 2.25. The van der Waals surface area contributed by atoms with Gasteiger partial charge in [0, 0.05) is 15.5 Å². The van der Waals surface area contributed by atoms with E-state index < -0.39 is 0 Å². The van der Waals surface area contributed by atoms with E-state index in [2.05, 4.69) is 21.2 Å². The van der Waals surface area contributed by atoms with Gasteiger partial charge in [-0.15, -0.1) is 0 Å². The summed E-state index contributed by atoms with van der Waals surface area (Å²) in [7, 11) is 0. The summed E-state index contributed by atoms with van der Waals surface area (Å²) in [5.74, 6) is -0.349. The molecule has 0 saturated heterocycles. The first kappa shape index (κ1) is 15.5. The van der Waals surface area contributed by atoms with Crippen LogP contribution in [0.5, 0.6) is 0 Å². The fourth-order valence-corrected chi connectivity index (χ4v) is 3.22. The van der Waals surface area contributed by atoms with E-state index in [0.29, 0.717) is 5.58 Å². The Morgan fingerprint density at radius 3 is 2.48 bits per heavy atom. The zero-order valence-corrected chi connectivity index (χ0v) is 14.3. The maximum Gasteiger partial charge on any atom is 0.261 e. The molecular weight excluding hydrogens is 356 g/mol. The van der Waals surface area contributed by atoms with Crippen LogP contribution in [0, 0.1) is 19.3 Å². The van der Waals surface area contributed by atoms with Gasteiger partial charge in [-0.25, -0.2) is 0 Å². The fourth-order valence-electron chi connectivity index (χ4n) is 2.54. The second-order valence-corrected chi connectivity index (χ2v) is 6.31. The number of benzene rings is 2. The van der Waals surface area contributed by atoms with E-state index in [1.165, 1.54) is 0 Å². The highest BCUT2D eigenvalue weighted by Gasteiger charge is 2.14. The number of anilines is 1. The molecule has 3 rings (SSSR count). The number of para-hydroxylation sites is 1. The Morgan fingerprint density at radius 1 is 1.13 bits per heavy atom. The van der Waals surface area contributed by atoms with Crippen LogP contribution in [0.3, 0.4) is 0 Å². The molecule has 1 heterocycles. The zero-order chi connectivity index (χ0) is 16.6. The van der Waals surface area contributed by atoms with Gasteiger partial charge in [0.1, 0.15) is 11.1 Å². The van der Waals surface area contributed by atoms with Crippen LogP contribution in [0.15, 0.2) is 51.4 Å². The molecule has 3 aromatic rings. The summed E-state index contributed by atoms with van der Waals surface area (Å²) in [5.41, 5.74) is 3.32. The van der Waals surface area contributed by atoms with E-state index in [9.17, 15) is 4.79 Å². The number of nitrogens with one attached hydrogen (secondary N) is 2. The van der Waals surface area contributed by atoms with Gasteiger partial charge in [-0.05, 0) is 49.2 Å². The number of hydrogen-bond donors (Lipinski definition) is 2. The van der Waals surface area contributed by atoms with Gasteiger partial charge in [0.15, 0.2) is 0 Å². The van der Waals surface area contributed by atoms with E-state index in [4.69, 9.17) is 9.83 Å². The Kier molecular flexibility index (Phi) is 4.05. The first-order valence-corrected chi connectivity index (χ1v) is 7.90. The topological polar surface area (TPSA) is 66.1 Å². The molecule has 116 valence electrons. The van der Waals surface area contributed by atoms with E-state index in [1.54, 1.807) is 12.1 Å². The molecule has 5 heteroatoms. The lowest BCUT2D eigenvalue weighted by Crippen LogP contribution is -2.21. The first-order valence-electron chi connectivity index (χ1n) is 7.11. The second kappa shape index (κ2) is 6.01. The average Bonchev–Trinajstić information content (AvgIpc) is 2.50. The van der Waals surface area contributed by atoms with E-state index in [-0.39, 0.29) is 17.0 Å². The molecule has 0 fully saturated rings. The normalized spacial score (nSPS) is 10.7. The van der Waals surface area contributed by atoms with Crippen LogP contribution < -0.4 is 10.9 Å². The van der Waals surface area contributed by atoms with Crippen molar-refractivity contribution in [2.45, 2.75) is 13.8 Å². The number of aryl methyl sites for hydroxylation is 2. The third kappa shape index (κ3) is 3.05. The number of carbonyl (C=O) groups excluding carboxylic acids is 1. The van der Waals surface area contributed by atoms with Gasteiger partial charge in [0.2, 0.25) is 5.55 Å². The number of fused-ring (bicyclic) bond motifs is 1. The van der Waals surface area contributed by atoms with Crippen LogP contribution in [0.2, 0.25) is 0 Å². The summed E-state index contributed by atoms with van der Waals surface area (Å²) in [5, 5.41) is 11.6. The molecule has 1 aromatic heterocycles. The van der Waals surface area contributed by atoms with Crippen LogP contribution in [-0.2, 0) is 0 Å². The van der Waals surface area contributed by atoms with E-state index in [0.717, 1.165) is 26.7 Å². The van der Waals surface area contributed by atoms with Crippen molar-refractivity contribution in [3.8, 4) is 0 Å². The van der Waals surface area contributed by atoms with Crippen molar-refractivity contribution < 1.29 is 9.21 Å². The summed E-state index contributed by atoms with van der Waals surface area (Å²) < 4.78 is 6.39. The monoisotopic (exact) mass is 370 g/mol. The van der Waals surface area contributed by atoms with Crippen LogP contribution in [-0.4, -0.2) is 5.91 Å². The lowest BCUT2D eigenvalue weighted by molar-refractivity contribution is 0.102. The molecule has 4 nitrogen and oxygen atoms in total. The molecule has 0 radical (unpaired) electrons. The number of hydrogen-bond acceptors (Lipinski definition) is 3. The molecule has 0 spiro atoms. The highest BCUT2D eigenvalue weighted by molar-refractivity contribution is 9.10. The molecule has 2 aromatic carbocycles. The lowest BCUT2D eigenvalue weighted by Gasteiger charge is -2.12. The fraction of sp³-hybridized carbons (Fsp3) is 0.111. The van der Waals surface area contributed by atoms with Gasteiger partial charge >= 0.3 is 0 Å². The molecule has 0 saturated carbocycles. The van der Waals surface area contributed by atoms with Crippen LogP contribution in [0.4, 0.5) is 5.69 Å². The van der Waals surface area contributed by atoms with Crippen molar-refractivity contribution in [2.24, 2.45) is 0 Å². The Bertz CT molecular complexity index is 953. The minimum absolute atomic E-state index is 0.145. The Balaban J connectivity index is 2.02. The lowest BCUT2D eigenvalue weighted by atomic mass is 10.1. The first-order chi connectivity index (χ1) is 11.0. The molecule has 23 heavy (non-hydrogen) atoms. The summed E-state index contributed by atoms with van der Waals surface area (Å²) >= 11 is 3.44. The number of amides is 1. The van der Waals surface area contributed by atoms with E-state index in [1.807, 2.05) is 44.2 Å². The predicted molar refractivity (Wildman–Crippen MR) is 93.6 cm³/mol. The highest BCUT2D eigenvalue weighted by atomic mass is 79.9. The molecule has 0 unspecified atom stereocenters. The predicted octanol–water partition coefficient (Wildman–Crippen LogP) is 4.54. The summed E-state index contributed by atoms with van der Waals surface area (Å²) in [4.78, 5) is 12.6. The Labute approximate surface area is 141 Å². The largest absolute Gasteiger partial charge is 0.438 e. The molecule has 0 atom stereocenters. The van der Waals surface area contributed by atoms with Gasteiger partial charge in [-0.1, -0.05) is 34.1 Å². The van der Waals surface area contributed by atoms with Gasteiger partial charge in [-0.2, -0.15) is 0 Å². The number of halogens is 1. The Hall–Kier alpha value is -2.40. The number of carbonyl (C=O) groups is 1. The standard InChI is InChI=1S/C18H15BrN2O2/c1-10-7-13(19)8-11(2)16(10)21-18(22)14-9-12-5-3-4-6-15(12)23-17(14)20/h3-9,20H,1-2H3,(H,21,22). The smallest absolute Gasteiger partial charge is 0.261 e. The molecule has 0 bridgehead atoms. The maximum absolute atomic E-state index is 12.6. The van der Waals surface area contributed by atoms with Gasteiger partial charge in [0.25, 0.3) is 5.91 Å². The molecule has 0 aliphatic rings. The summed E-state index contributed by atoms with van der Waals surface area (Å²) in [6.45, 7) is 3.86. The summed E-state index contributed by atoms with van der Waals surface area (Å²) in [6.07, 6.45) is 0. The van der Waals surface area contributed by atoms with Crippen molar-refractivity contribution in [3.05, 3.63) is 69.2 Å². The molecule has 2 N–H and O–H groups in total. The van der Waals surface area contributed by atoms with Crippen molar-refractivity contribution in [2.75, 3.05) is 5.32 Å². The molecular formula is C18H15BrN2O2. The zero-order valence-electron chi connectivity index (χ0n) is 12.7. The quantitative estimate of drug-likeness (QED) is 0.694. The SMILES string of the molecule is Cc1cc(Br)cc(C)c1NC(=O)c1cc2ccccc2oc1=N. The van der Waals surface area contributed by atoms with Gasteiger partial charge in [-0.3, -0.25) is 10.2 Å². The van der Waals surface area contributed by atoms with Crippen molar-refractivity contribution in [3.63, 3.8) is 0 Å². The van der Waals surface area contributed by atoms with Crippen molar-refractivity contribution >= 4 is 38.5 Å². The van der Waals surface area contributed by atoms with Crippen molar-refractivity contribution in [1.29, 1.82) is 5.41 Å². The van der Waals surface area contributed by atoms with Crippen LogP contribution in [0.1, 0.15) is 21.5 Å². The van der Waals surface area contributed by atoms with Crippen LogP contribution >= 0.6 is 15.9 Å². The van der Waals surface area contributed by atoms with Gasteiger partial charge < -0.3 is 9.73 Å². The third-order valence-electron chi connectivity index (χ3n) is 3.66. The minimum atomic E-state index is -0.349.